The standard InChI is InChI=1S/C13H14BrNO2/c1-16-12-3-2-10(7-11(12)14)13-6-9(8-15)4-5-17-13/h2-3,7,9,13H,4-6H2,1H3. The minimum absolute atomic E-state index is 0.0237. The molecular formula is C13H14BrNO2. The van der Waals surface area contributed by atoms with Crippen molar-refractivity contribution in [2.45, 2.75) is 18.9 Å². The second-order valence-corrected chi connectivity index (χ2v) is 4.96. The fraction of sp³-hybridized carbons (Fsp3) is 0.462. The summed E-state index contributed by atoms with van der Waals surface area (Å²) in [7, 11) is 1.64. The van der Waals surface area contributed by atoms with Crippen molar-refractivity contribution in [1.29, 1.82) is 5.26 Å². The second-order valence-electron chi connectivity index (χ2n) is 4.10. The van der Waals surface area contributed by atoms with Gasteiger partial charge in [0.05, 0.1) is 29.7 Å². The van der Waals surface area contributed by atoms with Crippen molar-refractivity contribution in [3.8, 4) is 11.8 Å². The van der Waals surface area contributed by atoms with E-state index in [1.54, 1.807) is 7.11 Å². The van der Waals surface area contributed by atoms with Crippen molar-refractivity contribution < 1.29 is 9.47 Å². The number of nitriles is 1. The summed E-state index contributed by atoms with van der Waals surface area (Å²) in [6.07, 6.45) is 1.63. The molecule has 1 aromatic carbocycles. The van der Waals surface area contributed by atoms with E-state index < -0.39 is 0 Å². The van der Waals surface area contributed by atoms with Crippen LogP contribution in [0.2, 0.25) is 0 Å². The first-order valence-corrected chi connectivity index (χ1v) is 6.38. The third kappa shape index (κ3) is 2.80. The normalized spacial score (nSPS) is 24.1. The van der Waals surface area contributed by atoms with Gasteiger partial charge in [-0.2, -0.15) is 5.26 Å². The fourth-order valence-corrected chi connectivity index (χ4v) is 2.59. The second kappa shape index (κ2) is 5.52. The molecule has 1 heterocycles. The van der Waals surface area contributed by atoms with E-state index in [1.165, 1.54) is 0 Å². The van der Waals surface area contributed by atoms with Gasteiger partial charge in [-0.25, -0.2) is 0 Å². The number of halogens is 1. The van der Waals surface area contributed by atoms with Crippen LogP contribution < -0.4 is 4.74 Å². The first-order chi connectivity index (χ1) is 8.24. The van der Waals surface area contributed by atoms with Crippen molar-refractivity contribution in [2.75, 3.05) is 13.7 Å². The quantitative estimate of drug-likeness (QED) is 0.839. The van der Waals surface area contributed by atoms with Crippen LogP contribution in [0.25, 0.3) is 0 Å². The summed E-state index contributed by atoms with van der Waals surface area (Å²) in [6.45, 7) is 0.659. The summed E-state index contributed by atoms with van der Waals surface area (Å²) in [4.78, 5) is 0. The average molecular weight is 296 g/mol. The molecule has 0 radical (unpaired) electrons. The van der Waals surface area contributed by atoms with Gasteiger partial charge in [0.1, 0.15) is 5.75 Å². The highest BCUT2D eigenvalue weighted by molar-refractivity contribution is 9.10. The molecule has 90 valence electrons. The van der Waals surface area contributed by atoms with Gasteiger partial charge in [-0.3, -0.25) is 0 Å². The van der Waals surface area contributed by atoms with Crippen molar-refractivity contribution in [3.63, 3.8) is 0 Å². The number of benzene rings is 1. The highest BCUT2D eigenvalue weighted by Crippen LogP contribution is 2.35. The van der Waals surface area contributed by atoms with Crippen LogP contribution in [0.15, 0.2) is 22.7 Å². The molecule has 1 fully saturated rings. The van der Waals surface area contributed by atoms with Crippen molar-refractivity contribution in [1.82, 2.24) is 0 Å². The van der Waals surface area contributed by atoms with Gasteiger partial charge in [0.25, 0.3) is 0 Å². The molecule has 17 heavy (non-hydrogen) atoms. The van der Waals surface area contributed by atoms with E-state index >= 15 is 0 Å². The summed E-state index contributed by atoms with van der Waals surface area (Å²) < 4.78 is 11.8. The lowest BCUT2D eigenvalue weighted by atomic mass is 9.93. The Morgan fingerprint density at radius 1 is 1.53 bits per heavy atom. The maximum atomic E-state index is 8.96. The van der Waals surface area contributed by atoms with Gasteiger partial charge in [-0.15, -0.1) is 0 Å². The van der Waals surface area contributed by atoms with E-state index in [0.29, 0.717) is 6.61 Å². The van der Waals surface area contributed by atoms with Crippen LogP contribution in [-0.2, 0) is 4.74 Å². The molecule has 2 rings (SSSR count). The molecule has 0 bridgehead atoms. The summed E-state index contributed by atoms with van der Waals surface area (Å²) in [5.41, 5.74) is 1.10. The molecule has 1 saturated heterocycles. The average Bonchev–Trinajstić information content (AvgIpc) is 2.38. The first kappa shape index (κ1) is 12.4. The van der Waals surface area contributed by atoms with Crippen LogP contribution in [0.4, 0.5) is 0 Å². The molecule has 2 atom stereocenters. The molecule has 2 unspecified atom stereocenters. The first-order valence-electron chi connectivity index (χ1n) is 5.59. The molecule has 3 nitrogen and oxygen atoms in total. The maximum Gasteiger partial charge on any atom is 0.133 e. The lowest BCUT2D eigenvalue weighted by Gasteiger charge is -2.26. The molecule has 0 aromatic heterocycles. The number of hydrogen-bond donors (Lipinski definition) is 0. The maximum absolute atomic E-state index is 8.96. The van der Waals surface area contributed by atoms with Crippen molar-refractivity contribution in [2.24, 2.45) is 5.92 Å². The van der Waals surface area contributed by atoms with Crippen LogP contribution in [0.1, 0.15) is 24.5 Å². The van der Waals surface area contributed by atoms with Crippen LogP contribution in [0, 0.1) is 17.2 Å². The Kier molecular flexibility index (Phi) is 4.03. The lowest BCUT2D eigenvalue weighted by Crippen LogP contribution is -2.18. The largest absolute Gasteiger partial charge is 0.496 e. The van der Waals surface area contributed by atoms with Gasteiger partial charge in [0, 0.05) is 6.61 Å². The van der Waals surface area contributed by atoms with Crippen LogP contribution >= 0.6 is 15.9 Å². The molecule has 4 heteroatoms. The lowest BCUT2D eigenvalue weighted by molar-refractivity contribution is 0.000656. The van der Waals surface area contributed by atoms with E-state index in [4.69, 9.17) is 14.7 Å². The Bertz CT molecular complexity index is 442. The topological polar surface area (TPSA) is 42.2 Å². The molecule has 0 aliphatic carbocycles. The number of nitrogens with zero attached hydrogens (tertiary/aromatic N) is 1. The Morgan fingerprint density at radius 2 is 2.35 bits per heavy atom. The van der Waals surface area contributed by atoms with E-state index in [-0.39, 0.29) is 12.0 Å². The number of rotatable bonds is 2. The highest BCUT2D eigenvalue weighted by Gasteiger charge is 2.24. The van der Waals surface area contributed by atoms with Crippen LogP contribution in [-0.4, -0.2) is 13.7 Å². The molecule has 1 aromatic rings. The van der Waals surface area contributed by atoms with Crippen molar-refractivity contribution >= 4 is 15.9 Å². The van der Waals surface area contributed by atoms with E-state index in [9.17, 15) is 0 Å². The van der Waals surface area contributed by atoms with Gasteiger partial charge < -0.3 is 9.47 Å². The molecule has 1 aliphatic rings. The number of methoxy groups -OCH3 is 1. The minimum atomic E-state index is 0.0237. The Morgan fingerprint density at radius 3 is 3.00 bits per heavy atom. The summed E-state index contributed by atoms with van der Waals surface area (Å²) in [5, 5.41) is 8.96. The van der Waals surface area contributed by atoms with Crippen LogP contribution in [0.3, 0.4) is 0 Å². The minimum Gasteiger partial charge on any atom is -0.496 e. The predicted molar refractivity (Wildman–Crippen MR) is 67.7 cm³/mol. The molecule has 1 aliphatic heterocycles. The highest BCUT2D eigenvalue weighted by atomic mass is 79.9. The molecule has 0 N–H and O–H groups in total. The predicted octanol–water partition coefficient (Wildman–Crippen LogP) is 3.45. The van der Waals surface area contributed by atoms with E-state index in [1.807, 2.05) is 18.2 Å². The van der Waals surface area contributed by atoms with E-state index in [0.717, 1.165) is 28.6 Å². The zero-order valence-electron chi connectivity index (χ0n) is 9.65. The zero-order chi connectivity index (χ0) is 12.3. The van der Waals surface area contributed by atoms with Gasteiger partial charge in [-0.05, 0) is 46.5 Å². The molecule has 0 spiro atoms. The van der Waals surface area contributed by atoms with Crippen LogP contribution in [0.5, 0.6) is 5.75 Å². The SMILES string of the molecule is COc1ccc(C2CC(C#N)CCO2)cc1Br. The van der Waals surface area contributed by atoms with Crippen molar-refractivity contribution in [3.05, 3.63) is 28.2 Å². The Balaban J connectivity index is 2.17. The Labute approximate surface area is 109 Å². The van der Waals surface area contributed by atoms with Gasteiger partial charge in [0.2, 0.25) is 0 Å². The molecule has 0 saturated carbocycles. The fourth-order valence-electron chi connectivity index (χ4n) is 2.03. The Hall–Kier alpha value is -1.05. The monoisotopic (exact) mass is 295 g/mol. The summed E-state index contributed by atoms with van der Waals surface area (Å²) >= 11 is 3.46. The number of hydrogen-bond acceptors (Lipinski definition) is 3. The zero-order valence-corrected chi connectivity index (χ0v) is 11.2. The van der Waals surface area contributed by atoms with Gasteiger partial charge in [-0.1, -0.05) is 6.07 Å². The van der Waals surface area contributed by atoms with Gasteiger partial charge >= 0.3 is 0 Å². The summed E-state index contributed by atoms with van der Waals surface area (Å²) in [5.74, 6) is 0.913. The third-order valence-corrected chi connectivity index (χ3v) is 3.63. The third-order valence-electron chi connectivity index (χ3n) is 3.01. The smallest absolute Gasteiger partial charge is 0.133 e. The summed E-state index contributed by atoms with van der Waals surface area (Å²) in [6, 6.07) is 8.24. The number of ether oxygens (including phenoxy) is 2. The molecular weight excluding hydrogens is 282 g/mol. The van der Waals surface area contributed by atoms with Gasteiger partial charge in [0.15, 0.2) is 0 Å². The van der Waals surface area contributed by atoms with E-state index in [2.05, 4.69) is 22.0 Å². The molecule has 0 amide bonds.